The molecule has 1 heterocycles. The molecule has 0 aliphatic heterocycles. The molecule has 30 heavy (non-hydrogen) atoms. The molecule has 0 bridgehead atoms. The quantitative estimate of drug-likeness (QED) is 0.320. The van der Waals surface area contributed by atoms with Gasteiger partial charge in [-0.05, 0) is 42.5 Å². The van der Waals surface area contributed by atoms with Gasteiger partial charge in [0, 0.05) is 11.3 Å². The standard InChI is InChI=1S/C18H12F4N4O2S2/c19-12-6-4-10(5-7-12)15(28)24-16-25-26-17(30-16)29-9-14(27)23-13-3-1-2-11(8-13)18(20,21)22/h1-8H,9H2,(H,23,27)(H,24,25,28). The van der Waals surface area contributed by atoms with Crippen LogP contribution in [0.5, 0.6) is 0 Å². The van der Waals surface area contributed by atoms with Gasteiger partial charge in [0.2, 0.25) is 11.0 Å². The number of anilines is 2. The van der Waals surface area contributed by atoms with Crippen LogP contribution in [-0.4, -0.2) is 27.8 Å². The van der Waals surface area contributed by atoms with E-state index in [1.807, 2.05) is 0 Å². The first-order valence-corrected chi connectivity index (χ1v) is 10.0. The third kappa shape index (κ3) is 6.00. The van der Waals surface area contributed by atoms with E-state index in [1.54, 1.807) is 0 Å². The number of alkyl halides is 3. The van der Waals surface area contributed by atoms with Crippen LogP contribution < -0.4 is 10.6 Å². The van der Waals surface area contributed by atoms with Crippen molar-refractivity contribution >= 4 is 45.7 Å². The molecule has 3 aromatic rings. The summed E-state index contributed by atoms with van der Waals surface area (Å²) >= 11 is 2.03. The zero-order valence-electron chi connectivity index (χ0n) is 14.9. The number of carbonyl (C=O) groups excluding carboxylic acids is 2. The van der Waals surface area contributed by atoms with E-state index in [0.717, 1.165) is 47.4 Å². The Hall–Kier alpha value is -2.99. The van der Waals surface area contributed by atoms with Crippen molar-refractivity contribution in [2.45, 2.75) is 10.5 Å². The van der Waals surface area contributed by atoms with Crippen molar-refractivity contribution in [3.63, 3.8) is 0 Å². The average Bonchev–Trinajstić information content (AvgIpc) is 3.14. The summed E-state index contributed by atoms with van der Waals surface area (Å²) in [6.45, 7) is 0. The fourth-order valence-electron chi connectivity index (χ4n) is 2.19. The topological polar surface area (TPSA) is 84.0 Å². The maximum Gasteiger partial charge on any atom is 0.416 e. The van der Waals surface area contributed by atoms with Crippen LogP contribution in [0.2, 0.25) is 0 Å². The molecule has 2 aromatic carbocycles. The number of nitrogens with one attached hydrogen (secondary N) is 2. The van der Waals surface area contributed by atoms with E-state index in [9.17, 15) is 27.2 Å². The first kappa shape index (κ1) is 21.7. The fourth-order valence-corrected chi connectivity index (χ4v) is 3.73. The van der Waals surface area contributed by atoms with Crippen molar-refractivity contribution in [3.05, 3.63) is 65.5 Å². The molecule has 0 saturated heterocycles. The number of amides is 2. The Balaban J connectivity index is 1.52. The number of hydrogen-bond donors (Lipinski definition) is 2. The van der Waals surface area contributed by atoms with Crippen molar-refractivity contribution in [2.24, 2.45) is 0 Å². The minimum absolute atomic E-state index is 0.0277. The van der Waals surface area contributed by atoms with Gasteiger partial charge in [-0.25, -0.2) is 4.39 Å². The Bertz CT molecular complexity index is 1050. The Morgan fingerprint density at radius 2 is 1.77 bits per heavy atom. The van der Waals surface area contributed by atoms with Crippen molar-refractivity contribution < 1.29 is 27.2 Å². The Labute approximate surface area is 175 Å². The normalized spacial score (nSPS) is 11.2. The SMILES string of the molecule is O=C(CSc1nnc(NC(=O)c2ccc(F)cc2)s1)Nc1cccc(C(F)(F)F)c1. The summed E-state index contributed by atoms with van der Waals surface area (Å²) in [6.07, 6.45) is -4.50. The second-order valence-electron chi connectivity index (χ2n) is 5.75. The smallest absolute Gasteiger partial charge is 0.325 e. The summed E-state index contributed by atoms with van der Waals surface area (Å²) in [7, 11) is 0. The molecular formula is C18H12F4N4O2S2. The molecule has 2 N–H and O–H groups in total. The van der Waals surface area contributed by atoms with Crippen LogP contribution in [0.4, 0.5) is 28.4 Å². The lowest BCUT2D eigenvalue weighted by molar-refractivity contribution is -0.137. The predicted octanol–water partition coefficient (Wildman–Crippen LogP) is 4.68. The number of benzene rings is 2. The highest BCUT2D eigenvalue weighted by Gasteiger charge is 2.30. The summed E-state index contributed by atoms with van der Waals surface area (Å²) in [4.78, 5) is 24.0. The molecule has 6 nitrogen and oxygen atoms in total. The van der Waals surface area contributed by atoms with Crippen LogP contribution in [0.15, 0.2) is 52.9 Å². The molecule has 0 unspecified atom stereocenters. The maximum absolute atomic E-state index is 12.9. The summed E-state index contributed by atoms with van der Waals surface area (Å²) in [5.74, 6) is -1.60. The summed E-state index contributed by atoms with van der Waals surface area (Å²) in [6, 6.07) is 9.25. The van der Waals surface area contributed by atoms with Crippen LogP contribution in [0, 0.1) is 5.82 Å². The first-order valence-electron chi connectivity index (χ1n) is 8.21. The van der Waals surface area contributed by atoms with Gasteiger partial charge in [-0.2, -0.15) is 13.2 Å². The van der Waals surface area contributed by atoms with Gasteiger partial charge in [-0.15, -0.1) is 10.2 Å². The van der Waals surface area contributed by atoms with Gasteiger partial charge in [-0.3, -0.25) is 14.9 Å². The molecule has 12 heteroatoms. The van der Waals surface area contributed by atoms with Gasteiger partial charge >= 0.3 is 6.18 Å². The highest BCUT2D eigenvalue weighted by molar-refractivity contribution is 8.01. The molecule has 2 amide bonds. The average molecular weight is 456 g/mol. The number of carbonyl (C=O) groups is 2. The number of nitrogens with zero attached hydrogens (tertiary/aromatic N) is 2. The van der Waals surface area contributed by atoms with Gasteiger partial charge in [0.1, 0.15) is 5.82 Å². The van der Waals surface area contributed by atoms with E-state index in [-0.39, 0.29) is 22.1 Å². The Morgan fingerprint density at radius 3 is 2.47 bits per heavy atom. The molecule has 156 valence electrons. The van der Waals surface area contributed by atoms with Gasteiger partial charge < -0.3 is 5.32 Å². The van der Waals surface area contributed by atoms with E-state index in [0.29, 0.717) is 4.34 Å². The van der Waals surface area contributed by atoms with Crippen LogP contribution in [0.1, 0.15) is 15.9 Å². The molecule has 0 atom stereocenters. The predicted molar refractivity (Wildman–Crippen MR) is 105 cm³/mol. The Kier molecular flexibility index (Phi) is 6.67. The minimum atomic E-state index is -4.50. The van der Waals surface area contributed by atoms with Crippen molar-refractivity contribution in [2.75, 3.05) is 16.4 Å². The molecule has 0 fully saturated rings. The lowest BCUT2D eigenvalue weighted by Crippen LogP contribution is -2.15. The van der Waals surface area contributed by atoms with Gasteiger partial charge in [0.15, 0.2) is 4.34 Å². The van der Waals surface area contributed by atoms with Gasteiger partial charge in [-0.1, -0.05) is 29.2 Å². The number of rotatable bonds is 6. The van der Waals surface area contributed by atoms with E-state index in [4.69, 9.17) is 0 Å². The molecule has 0 radical (unpaired) electrons. The Morgan fingerprint density at radius 1 is 1.03 bits per heavy atom. The summed E-state index contributed by atoms with van der Waals surface area (Å²) in [5, 5.41) is 12.7. The highest BCUT2D eigenvalue weighted by Crippen LogP contribution is 2.31. The van der Waals surface area contributed by atoms with E-state index < -0.39 is 29.4 Å². The first-order chi connectivity index (χ1) is 14.2. The van der Waals surface area contributed by atoms with Crippen molar-refractivity contribution in [3.8, 4) is 0 Å². The van der Waals surface area contributed by atoms with Crippen LogP contribution in [0.25, 0.3) is 0 Å². The van der Waals surface area contributed by atoms with E-state index >= 15 is 0 Å². The molecule has 0 spiro atoms. The highest BCUT2D eigenvalue weighted by atomic mass is 32.2. The minimum Gasteiger partial charge on any atom is -0.325 e. The van der Waals surface area contributed by atoms with Crippen LogP contribution in [-0.2, 0) is 11.0 Å². The second kappa shape index (κ2) is 9.22. The van der Waals surface area contributed by atoms with Crippen LogP contribution >= 0.6 is 23.1 Å². The number of thioether (sulfide) groups is 1. The largest absolute Gasteiger partial charge is 0.416 e. The van der Waals surface area contributed by atoms with E-state index in [1.165, 1.54) is 24.3 Å². The molecular weight excluding hydrogens is 444 g/mol. The van der Waals surface area contributed by atoms with Crippen LogP contribution in [0.3, 0.4) is 0 Å². The maximum atomic E-state index is 12.9. The lowest BCUT2D eigenvalue weighted by atomic mass is 10.2. The fraction of sp³-hybridized carbons (Fsp3) is 0.111. The third-order valence-electron chi connectivity index (χ3n) is 3.53. The number of aromatic nitrogens is 2. The summed E-state index contributed by atoms with van der Waals surface area (Å²) in [5.41, 5.74) is -0.597. The molecule has 0 aliphatic carbocycles. The molecule has 3 rings (SSSR count). The zero-order valence-corrected chi connectivity index (χ0v) is 16.5. The van der Waals surface area contributed by atoms with Crippen molar-refractivity contribution in [1.82, 2.24) is 10.2 Å². The molecule has 0 aliphatic rings. The molecule has 0 saturated carbocycles. The zero-order chi connectivity index (χ0) is 21.7. The van der Waals surface area contributed by atoms with Gasteiger partial charge in [0.25, 0.3) is 5.91 Å². The molecule has 1 aromatic heterocycles. The van der Waals surface area contributed by atoms with Crippen molar-refractivity contribution in [1.29, 1.82) is 0 Å². The second-order valence-corrected chi connectivity index (χ2v) is 7.95. The third-order valence-corrected chi connectivity index (χ3v) is 5.51. The van der Waals surface area contributed by atoms with E-state index in [2.05, 4.69) is 20.8 Å². The summed E-state index contributed by atoms with van der Waals surface area (Å²) < 4.78 is 51.4. The number of hydrogen-bond acceptors (Lipinski definition) is 6. The lowest BCUT2D eigenvalue weighted by Gasteiger charge is -2.09. The number of halogens is 4. The monoisotopic (exact) mass is 456 g/mol. The van der Waals surface area contributed by atoms with Gasteiger partial charge in [0.05, 0.1) is 11.3 Å².